The molecular weight excluding hydrogens is 283 g/mol. The Labute approximate surface area is 120 Å². The molecule has 0 radical (unpaired) electrons. The van der Waals surface area contributed by atoms with E-state index in [0.29, 0.717) is 5.02 Å². The average Bonchev–Trinajstić information content (AvgIpc) is 2.46. The highest BCUT2D eigenvalue weighted by Gasteiger charge is 2.07. The lowest BCUT2D eigenvalue weighted by molar-refractivity contribution is 0.290. The number of nitrogens with two attached hydrogens (primary N) is 1. The van der Waals surface area contributed by atoms with Crippen LogP contribution in [0.15, 0.2) is 47.6 Å². The molecule has 0 aliphatic heterocycles. The van der Waals surface area contributed by atoms with Crippen LogP contribution in [0.3, 0.4) is 0 Å². The van der Waals surface area contributed by atoms with Gasteiger partial charge in [0.25, 0.3) is 0 Å². The van der Waals surface area contributed by atoms with Crippen molar-refractivity contribution in [3.63, 3.8) is 0 Å². The summed E-state index contributed by atoms with van der Waals surface area (Å²) in [5.41, 5.74) is 6.52. The van der Waals surface area contributed by atoms with Crippen LogP contribution in [0.25, 0.3) is 0 Å². The van der Waals surface area contributed by atoms with Gasteiger partial charge in [-0.1, -0.05) is 28.9 Å². The van der Waals surface area contributed by atoms with Gasteiger partial charge in [-0.2, -0.15) is 0 Å². The Morgan fingerprint density at radius 1 is 1.25 bits per heavy atom. The lowest BCUT2D eigenvalue weighted by atomic mass is 10.2. The summed E-state index contributed by atoms with van der Waals surface area (Å²) >= 11 is 5.77. The minimum absolute atomic E-state index is 0.0921. The van der Waals surface area contributed by atoms with Crippen LogP contribution >= 0.6 is 11.6 Å². The minimum atomic E-state index is -0.580. The Balaban J connectivity index is 2.08. The Hall–Kier alpha value is -2.27. The molecule has 3 N–H and O–H groups in total. The van der Waals surface area contributed by atoms with Crippen LogP contribution in [0, 0.1) is 5.82 Å². The molecule has 2 aromatic carbocycles. The van der Waals surface area contributed by atoms with Gasteiger partial charge in [-0.3, -0.25) is 0 Å². The van der Waals surface area contributed by atoms with Crippen LogP contribution in [0.4, 0.5) is 4.39 Å². The van der Waals surface area contributed by atoms with Crippen LogP contribution in [0.1, 0.15) is 11.1 Å². The van der Waals surface area contributed by atoms with Gasteiger partial charge in [-0.15, -0.1) is 0 Å². The molecule has 2 rings (SSSR count). The Morgan fingerprint density at radius 2 is 1.95 bits per heavy atom. The molecule has 0 aliphatic rings. The molecule has 0 spiro atoms. The largest absolute Gasteiger partial charge is 0.486 e. The minimum Gasteiger partial charge on any atom is -0.486 e. The number of amidine groups is 1. The van der Waals surface area contributed by atoms with Crippen molar-refractivity contribution in [2.75, 3.05) is 0 Å². The zero-order chi connectivity index (χ0) is 14.5. The number of benzene rings is 2. The summed E-state index contributed by atoms with van der Waals surface area (Å²) in [7, 11) is 0. The van der Waals surface area contributed by atoms with E-state index >= 15 is 0 Å². The summed E-state index contributed by atoms with van der Waals surface area (Å²) in [5, 5.41) is 12.0. The number of ether oxygens (including phenoxy) is 1. The molecule has 104 valence electrons. The fourth-order valence-electron chi connectivity index (χ4n) is 1.58. The number of halogens is 2. The molecule has 0 bridgehead atoms. The fourth-order valence-corrected chi connectivity index (χ4v) is 1.70. The van der Waals surface area contributed by atoms with E-state index in [0.717, 1.165) is 11.6 Å². The molecule has 0 unspecified atom stereocenters. The van der Waals surface area contributed by atoms with Gasteiger partial charge < -0.3 is 15.7 Å². The quantitative estimate of drug-likeness (QED) is 0.394. The number of nitrogens with zero attached hydrogens (tertiary/aromatic N) is 1. The van der Waals surface area contributed by atoms with Gasteiger partial charge >= 0.3 is 0 Å². The Kier molecular flexibility index (Phi) is 4.42. The summed E-state index contributed by atoms with van der Waals surface area (Å²) in [6, 6.07) is 11.1. The van der Waals surface area contributed by atoms with E-state index < -0.39 is 5.82 Å². The smallest absolute Gasteiger partial charge is 0.170 e. The van der Waals surface area contributed by atoms with Crippen LogP contribution < -0.4 is 10.5 Å². The van der Waals surface area contributed by atoms with Crippen molar-refractivity contribution in [2.24, 2.45) is 10.9 Å². The van der Waals surface area contributed by atoms with Crippen molar-refractivity contribution < 1.29 is 14.3 Å². The zero-order valence-corrected chi connectivity index (χ0v) is 11.1. The molecule has 2 aromatic rings. The van der Waals surface area contributed by atoms with Gasteiger partial charge in [0, 0.05) is 10.6 Å². The average molecular weight is 295 g/mol. The number of rotatable bonds is 4. The second-order valence-electron chi connectivity index (χ2n) is 4.05. The maximum atomic E-state index is 13.8. The molecule has 0 aliphatic carbocycles. The van der Waals surface area contributed by atoms with Gasteiger partial charge in [0.2, 0.25) is 0 Å². The predicted molar refractivity (Wildman–Crippen MR) is 74.7 cm³/mol. The van der Waals surface area contributed by atoms with Gasteiger partial charge in [0.05, 0.1) is 0 Å². The summed E-state index contributed by atoms with van der Waals surface area (Å²) in [6.45, 7) is 0.219. The third kappa shape index (κ3) is 3.39. The maximum Gasteiger partial charge on any atom is 0.170 e. The van der Waals surface area contributed by atoms with Gasteiger partial charge in [-0.05, 0) is 35.9 Å². The molecule has 4 nitrogen and oxygen atoms in total. The van der Waals surface area contributed by atoms with Crippen molar-refractivity contribution in [1.29, 1.82) is 0 Å². The van der Waals surface area contributed by atoms with Crippen molar-refractivity contribution in [3.8, 4) is 5.75 Å². The van der Waals surface area contributed by atoms with Gasteiger partial charge in [-0.25, -0.2) is 4.39 Å². The highest BCUT2D eigenvalue weighted by Crippen LogP contribution is 2.20. The maximum absolute atomic E-state index is 13.8. The first-order valence-corrected chi connectivity index (χ1v) is 6.12. The summed E-state index contributed by atoms with van der Waals surface area (Å²) in [4.78, 5) is 0. The van der Waals surface area contributed by atoms with E-state index in [1.54, 1.807) is 24.3 Å². The first kappa shape index (κ1) is 14.1. The van der Waals surface area contributed by atoms with E-state index in [1.807, 2.05) is 0 Å². The van der Waals surface area contributed by atoms with E-state index in [9.17, 15) is 4.39 Å². The third-order valence-corrected chi connectivity index (χ3v) is 2.89. The summed E-state index contributed by atoms with van der Waals surface area (Å²) < 4.78 is 19.1. The monoisotopic (exact) mass is 294 g/mol. The van der Waals surface area contributed by atoms with E-state index in [4.69, 9.17) is 27.3 Å². The van der Waals surface area contributed by atoms with Gasteiger partial charge in [0.15, 0.2) is 17.4 Å². The number of oxime groups is 1. The standard InChI is InChI=1S/C14H12ClFN2O2/c15-11-4-1-9(2-5-11)8-20-13-6-3-10(7-12(13)16)14(17)18-19/h1-7,19H,8H2,(H2,17,18). The van der Waals surface area contributed by atoms with Gasteiger partial charge in [0.1, 0.15) is 6.61 Å². The van der Waals surface area contributed by atoms with E-state index in [2.05, 4.69) is 5.16 Å². The zero-order valence-electron chi connectivity index (χ0n) is 10.4. The molecule has 0 heterocycles. The normalized spacial score (nSPS) is 11.4. The van der Waals surface area contributed by atoms with Crippen molar-refractivity contribution in [3.05, 3.63) is 64.4 Å². The summed E-state index contributed by atoms with van der Waals surface area (Å²) in [5.74, 6) is -0.648. The lowest BCUT2D eigenvalue weighted by Gasteiger charge is -2.08. The first-order chi connectivity index (χ1) is 9.60. The summed E-state index contributed by atoms with van der Waals surface area (Å²) in [6.07, 6.45) is 0. The highest BCUT2D eigenvalue weighted by atomic mass is 35.5. The molecule has 0 saturated carbocycles. The fraction of sp³-hybridized carbons (Fsp3) is 0.0714. The third-order valence-electron chi connectivity index (χ3n) is 2.64. The van der Waals surface area contributed by atoms with Crippen molar-refractivity contribution in [2.45, 2.75) is 6.61 Å². The predicted octanol–water partition coefficient (Wildman–Crippen LogP) is 3.15. The molecule has 6 heteroatoms. The molecule has 20 heavy (non-hydrogen) atoms. The Bertz CT molecular complexity index is 630. The van der Waals surface area contributed by atoms with Crippen molar-refractivity contribution in [1.82, 2.24) is 0 Å². The van der Waals surface area contributed by atoms with Crippen LogP contribution in [-0.4, -0.2) is 11.0 Å². The molecular formula is C14H12ClFN2O2. The number of hydrogen-bond acceptors (Lipinski definition) is 3. The van der Waals surface area contributed by atoms with Crippen LogP contribution in [0.5, 0.6) is 5.75 Å². The molecule has 0 aromatic heterocycles. The van der Waals surface area contributed by atoms with Crippen LogP contribution in [-0.2, 0) is 6.61 Å². The Morgan fingerprint density at radius 3 is 2.55 bits per heavy atom. The van der Waals surface area contributed by atoms with Crippen LogP contribution in [0.2, 0.25) is 5.02 Å². The second kappa shape index (κ2) is 6.25. The SMILES string of the molecule is NC(=NO)c1ccc(OCc2ccc(Cl)cc2)c(F)c1. The van der Waals surface area contributed by atoms with Crippen molar-refractivity contribution >= 4 is 17.4 Å². The first-order valence-electron chi connectivity index (χ1n) is 5.75. The van der Waals surface area contributed by atoms with E-state index in [1.165, 1.54) is 12.1 Å². The molecule has 0 atom stereocenters. The highest BCUT2D eigenvalue weighted by molar-refractivity contribution is 6.30. The van der Waals surface area contributed by atoms with E-state index in [-0.39, 0.29) is 23.8 Å². The molecule has 0 amide bonds. The topological polar surface area (TPSA) is 67.8 Å². The molecule has 0 saturated heterocycles. The lowest BCUT2D eigenvalue weighted by Crippen LogP contribution is -2.13. The second-order valence-corrected chi connectivity index (χ2v) is 4.48. The number of hydrogen-bond donors (Lipinski definition) is 2. The molecule has 0 fully saturated rings.